The average Bonchev–Trinajstić information content (AvgIpc) is 3.16. The second kappa shape index (κ2) is 7.71. The van der Waals surface area contributed by atoms with Crippen LogP contribution in [0.5, 0.6) is 0 Å². The van der Waals surface area contributed by atoms with E-state index >= 15 is 0 Å². The third kappa shape index (κ3) is 4.31. The molecule has 2 N–H and O–H groups in total. The number of furan rings is 1. The van der Waals surface area contributed by atoms with Gasteiger partial charge in [0.05, 0.1) is 4.92 Å². The van der Waals surface area contributed by atoms with Crippen LogP contribution >= 0.6 is 11.6 Å². The third-order valence-electron chi connectivity index (χ3n) is 3.57. The minimum absolute atomic E-state index is 0.0145. The fourth-order valence-corrected chi connectivity index (χ4v) is 2.36. The molecule has 2 aromatic carbocycles. The van der Waals surface area contributed by atoms with Crippen LogP contribution in [-0.4, -0.2) is 16.7 Å². The number of benzene rings is 2. The molecule has 136 valence electrons. The number of rotatable bonds is 4. The molecule has 0 unspecified atom stereocenters. The Labute approximate surface area is 157 Å². The number of carbonyl (C=O) groups is 2. The van der Waals surface area contributed by atoms with E-state index in [1.54, 1.807) is 30.3 Å². The molecule has 0 saturated heterocycles. The summed E-state index contributed by atoms with van der Waals surface area (Å²) in [5.74, 6) is -0.924. The third-order valence-corrected chi connectivity index (χ3v) is 3.82. The first-order chi connectivity index (χ1) is 12.9. The molecule has 2 amide bonds. The molecule has 0 fully saturated rings. The van der Waals surface area contributed by atoms with E-state index in [1.165, 1.54) is 24.3 Å². The highest BCUT2D eigenvalue weighted by Crippen LogP contribution is 2.23. The lowest BCUT2D eigenvalue weighted by Crippen LogP contribution is -2.41. The predicted molar refractivity (Wildman–Crippen MR) is 97.2 cm³/mol. The molecule has 0 atom stereocenters. The topological polar surface area (TPSA) is 114 Å². The Hall–Kier alpha value is -3.65. The van der Waals surface area contributed by atoms with Crippen LogP contribution in [0.15, 0.2) is 65.1 Å². The largest absolute Gasteiger partial charge is 0.451 e. The highest BCUT2D eigenvalue weighted by Gasteiger charge is 2.15. The van der Waals surface area contributed by atoms with Crippen molar-refractivity contribution < 1.29 is 18.9 Å². The van der Waals surface area contributed by atoms with Gasteiger partial charge in [0.25, 0.3) is 11.6 Å². The lowest BCUT2D eigenvalue weighted by atomic mass is 10.2. The standard InChI is InChI=1S/C18H12ClN3O5/c19-13-6-4-11(5-7-13)15-8-9-16(27-15)18(24)21-20-17(23)12-2-1-3-14(10-12)22(25)26/h1-10H,(H,20,23)(H,21,24). The van der Waals surface area contributed by atoms with Crippen LogP contribution in [0.1, 0.15) is 20.9 Å². The molecule has 0 aliphatic carbocycles. The molecule has 0 bridgehead atoms. The summed E-state index contributed by atoms with van der Waals surface area (Å²) in [4.78, 5) is 34.3. The molecule has 3 aromatic rings. The summed E-state index contributed by atoms with van der Waals surface area (Å²) in [7, 11) is 0. The zero-order chi connectivity index (χ0) is 19.4. The Morgan fingerprint density at radius 2 is 1.67 bits per heavy atom. The number of halogens is 1. The van der Waals surface area contributed by atoms with Crippen molar-refractivity contribution in [3.63, 3.8) is 0 Å². The molecular formula is C18H12ClN3O5. The van der Waals surface area contributed by atoms with Crippen LogP contribution in [0.2, 0.25) is 5.02 Å². The summed E-state index contributed by atoms with van der Waals surface area (Å²) in [5.41, 5.74) is 4.92. The van der Waals surface area contributed by atoms with E-state index in [1.807, 2.05) is 0 Å². The highest BCUT2D eigenvalue weighted by atomic mass is 35.5. The van der Waals surface area contributed by atoms with E-state index < -0.39 is 16.7 Å². The first kappa shape index (κ1) is 18.2. The molecular weight excluding hydrogens is 374 g/mol. The SMILES string of the molecule is O=C(NNC(=O)c1ccc(-c2ccc(Cl)cc2)o1)c1cccc([N+](=O)[O-])c1. The first-order valence-electron chi connectivity index (χ1n) is 7.65. The second-order valence-electron chi connectivity index (χ2n) is 5.39. The Morgan fingerprint density at radius 3 is 2.37 bits per heavy atom. The highest BCUT2D eigenvalue weighted by molar-refractivity contribution is 6.30. The fourth-order valence-electron chi connectivity index (χ4n) is 2.24. The minimum atomic E-state index is -0.698. The summed E-state index contributed by atoms with van der Waals surface area (Å²) < 4.78 is 5.46. The van der Waals surface area contributed by atoms with Crippen molar-refractivity contribution in [1.82, 2.24) is 10.9 Å². The van der Waals surface area contributed by atoms with E-state index in [0.717, 1.165) is 11.6 Å². The van der Waals surface area contributed by atoms with Crippen LogP contribution in [0.4, 0.5) is 5.69 Å². The van der Waals surface area contributed by atoms with Crippen molar-refractivity contribution in [3.8, 4) is 11.3 Å². The number of hydrazine groups is 1. The summed E-state index contributed by atoms with van der Waals surface area (Å²) in [6, 6.07) is 15.1. The zero-order valence-corrected chi connectivity index (χ0v) is 14.4. The van der Waals surface area contributed by atoms with E-state index in [0.29, 0.717) is 10.8 Å². The van der Waals surface area contributed by atoms with Gasteiger partial charge in [0, 0.05) is 28.3 Å². The fraction of sp³-hybridized carbons (Fsp3) is 0. The Kier molecular flexibility index (Phi) is 5.18. The van der Waals surface area contributed by atoms with Gasteiger partial charge >= 0.3 is 5.91 Å². The normalized spacial score (nSPS) is 10.3. The Balaban J connectivity index is 1.64. The smallest absolute Gasteiger partial charge is 0.305 e. The Bertz CT molecular complexity index is 1010. The number of nitro benzene ring substituents is 1. The van der Waals surface area contributed by atoms with Crippen molar-refractivity contribution >= 4 is 29.1 Å². The maximum atomic E-state index is 12.1. The van der Waals surface area contributed by atoms with Crippen LogP contribution in [0, 0.1) is 10.1 Å². The molecule has 8 nitrogen and oxygen atoms in total. The van der Waals surface area contributed by atoms with Gasteiger partial charge in [-0.05, 0) is 42.5 Å². The Morgan fingerprint density at radius 1 is 0.963 bits per heavy atom. The molecule has 9 heteroatoms. The molecule has 1 heterocycles. The van der Waals surface area contributed by atoms with Gasteiger partial charge in [-0.15, -0.1) is 0 Å². The van der Waals surface area contributed by atoms with Crippen LogP contribution in [0.25, 0.3) is 11.3 Å². The molecule has 3 rings (SSSR count). The van der Waals surface area contributed by atoms with E-state index in [-0.39, 0.29) is 17.0 Å². The number of hydrogen-bond acceptors (Lipinski definition) is 5. The number of hydrogen-bond donors (Lipinski definition) is 2. The predicted octanol–water partition coefficient (Wildman–Crippen LogP) is 3.58. The number of nitrogens with zero attached hydrogens (tertiary/aromatic N) is 1. The van der Waals surface area contributed by atoms with Gasteiger partial charge in [0.2, 0.25) is 0 Å². The lowest BCUT2D eigenvalue weighted by molar-refractivity contribution is -0.384. The minimum Gasteiger partial charge on any atom is -0.451 e. The number of non-ortho nitro benzene ring substituents is 1. The van der Waals surface area contributed by atoms with Crippen LogP contribution in [-0.2, 0) is 0 Å². The molecule has 0 aliphatic rings. The van der Waals surface area contributed by atoms with Crippen LogP contribution in [0.3, 0.4) is 0 Å². The molecule has 0 saturated carbocycles. The number of nitrogens with one attached hydrogen (secondary N) is 2. The van der Waals surface area contributed by atoms with Gasteiger partial charge in [0.15, 0.2) is 5.76 Å². The lowest BCUT2D eigenvalue weighted by Gasteiger charge is -2.06. The van der Waals surface area contributed by atoms with Gasteiger partial charge in [-0.2, -0.15) is 0 Å². The average molecular weight is 386 g/mol. The molecule has 1 aromatic heterocycles. The number of carbonyl (C=O) groups excluding carboxylic acids is 2. The van der Waals surface area contributed by atoms with Gasteiger partial charge in [-0.3, -0.25) is 30.6 Å². The van der Waals surface area contributed by atoms with Crippen molar-refractivity contribution in [3.05, 3.63) is 87.1 Å². The summed E-state index contributed by atoms with van der Waals surface area (Å²) in [6.07, 6.45) is 0. The van der Waals surface area contributed by atoms with E-state index in [9.17, 15) is 19.7 Å². The van der Waals surface area contributed by atoms with Gasteiger partial charge in [-0.25, -0.2) is 0 Å². The molecule has 0 spiro atoms. The zero-order valence-electron chi connectivity index (χ0n) is 13.6. The van der Waals surface area contributed by atoms with Crippen molar-refractivity contribution in [1.29, 1.82) is 0 Å². The summed E-state index contributed by atoms with van der Waals surface area (Å²) in [6.45, 7) is 0. The maximum absolute atomic E-state index is 12.1. The monoisotopic (exact) mass is 385 g/mol. The second-order valence-corrected chi connectivity index (χ2v) is 5.82. The number of amides is 2. The van der Waals surface area contributed by atoms with Crippen molar-refractivity contribution in [2.75, 3.05) is 0 Å². The summed E-state index contributed by atoms with van der Waals surface area (Å²) in [5, 5.41) is 11.3. The van der Waals surface area contributed by atoms with Crippen molar-refractivity contribution in [2.24, 2.45) is 0 Å². The summed E-state index contributed by atoms with van der Waals surface area (Å²) >= 11 is 5.83. The number of nitro groups is 1. The van der Waals surface area contributed by atoms with E-state index in [4.69, 9.17) is 16.0 Å². The van der Waals surface area contributed by atoms with Crippen LogP contribution < -0.4 is 10.9 Å². The maximum Gasteiger partial charge on any atom is 0.305 e. The first-order valence-corrected chi connectivity index (χ1v) is 8.03. The quantitative estimate of drug-likeness (QED) is 0.526. The van der Waals surface area contributed by atoms with Gasteiger partial charge in [-0.1, -0.05) is 17.7 Å². The van der Waals surface area contributed by atoms with Crippen molar-refractivity contribution in [2.45, 2.75) is 0 Å². The molecule has 0 aliphatic heterocycles. The van der Waals surface area contributed by atoms with Gasteiger partial charge < -0.3 is 4.42 Å². The van der Waals surface area contributed by atoms with E-state index in [2.05, 4.69) is 10.9 Å². The molecule has 27 heavy (non-hydrogen) atoms. The van der Waals surface area contributed by atoms with Gasteiger partial charge in [0.1, 0.15) is 5.76 Å². The molecule has 0 radical (unpaired) electrons.